The molecule has 0 aliphatic carbocycles. The van der Waals surface area contributed by atoms with Crippen LogP contribution in [0.1, 0.15) is 27.7 Å². The SMILES string of the molecule is CC(C)C(C)(C)Cn1nnnc1-c1ccc(Cl)c(N)c1. The minimum atomic E-state index is 0.0993. The van der Waals surface area contributed by atoms with Crippen LogP contribution in [0.15, 0.2) is 18.2 Å². The number of anilines is 1. The van der Waals surface area contributed by atoms with Crippen LogP contribution in [0.5, 0.6) is 0 Å². The van der Waals surface area contributed by atoms with Gasteiger partial charge in [-0.25, -0.2) is 4.68 Å². The average Bonchev–Trinajstić information content (AvgIpc) is 2.80. The van der Waals surface area contributed by atoms with Gasteiger partial charge in [0.25, 0.3) is 0 Å². The van der Waals surface area contributed by atoms with Crippen LogP contribution in [0.25, 0.3) is 11.4 Å². The van der Waals surface area contributed by atoms with Gasteiger partial charge in [-0.3, -0.25) is 0 Å². The van der Waals surface area contributed by atoms with Gasteiger partial charge in [0.2, 0.25) is 0 Å². The van der Waals surface area contributed by atoms with Crippen LogP contribution in [0.4, 0.5) is 5.69 Å². The Balaban J connectivity index is 2.35. The third kappa shape index (κ3) is 2.93. The Morgan fingerprint density at radius 2 is 2.05 bits per heavy atom. The molecule has 0 bridgehead atoms. The Morgan fingerprint density at radius 1 is 1.35 bits per heavy atom. The zero-order valence-corrected chi connectivity index (χ0v) is 13.0. The maximum absolute atomic E-state index is 5.95. The summed E-state index contributed by atoms with van der Waals surface area (Å²) in [6, 6.07) is 5.44. The van der Waals surface area contributed by atoms with Crippen LogP contribution in [-0.4, -0.2) is 20.2 Å². The van der Waals surface area contributed by atoms with Gasteiger partial charge in [0.1, 0.15) is 0 Å². The lowest BCUT2D eigenvalue weighted by Gasteiger charge is -2.29. The van der Waals surface area contributed by atoms with Crippen LogP contribution in [-0.2, 0) is 6.54 Å². The summed E-state index contributed by atoms with van der Waals surface area (Å²) in [5, 5.41) is 12.5. The highest BCUT2D eigenvalue weighted by atomic mass is 35.5. The molecule has 2 rings (SSSR count). The van der Waals surface area contributed by atoms with E-state index in [1.165, 1.54) is 0 Å². The number of rotatable bonds is 4. The predicted molar refractivity (Wildman–Crippen MR) is 81.3 cm³/mol. The number of tetrazole rings is 1. The zero-order valence-electron chi connectivity index (χ0n) is 12.3. The molecular formula is C14H20ClN5. The number of aromatic nitrogens is 4. The molecule has 2 N–H and O–H groups in total. The van der Waals surface area contributed by atoms with Gasteiger partial charge in [0.05, 0.1) is 17.3 Å². The summed E-state index contributed by atoms with van der Waals surface area (Å²) in [4.78, 5) is 0. The number of hydrogen-bond acceptors (Lipinski definition) is 4. The number of nitrogens with zero attached hydrogens (tertiary/aromatic N) is 4. The molecule has 0 spiro atoms. The zero-order chi connectivity index (χ0) is 14.9. The highest BCUT2D eigenvalue weighted by molar-refractivity contribution is 6.33. The first kappa shape index (κ1) is 14.8. The molecule has 1 aromatic heterocycles. The topological polar surface area (TPSA) is 69.6 Å². The minimum Gasteiger partial charge on any atom is -0.398 e. The maximum atomic E-state index is 5.95. The molecule has 6 heteroatoms. The van der Waals surface area contributed by atoms with Crippen molar-refractivity contribution in [3.05, 3.63) is 23.2 Å². The van der Waals surface area contributed by atoms with Crippen LogP contribution >= 0.6 is 11.6 Å². The Kier molecular flexibility index (Phi) is 3.99. The lowest BCUT2D eigenvalue weighted by atomic mass is 9.81. The number of halogens is 1. The molecule has 0 saturated carbocycles. The first-order valence-electron chi connectivity index (χ1n) is 6.63. The Morgan fingerprint density at radius 3 is 2.65 bits per heavy atom. The fourth-order valence-electron chi connectivity index (χ4n) is 1.77. The maximum Gasteiger partial charge on any atom is 0.182 e. The first-order chi connectivity index (χ1) is 9.31. The van der Waals surface area contributed by atoms with Gasteiger partial charge in [-0.2, -0.15) is 0 Å². The Labute approximate surface area is 124 Å². The first-order valence-corrected chi connectivity index (χ1v) is 7.00. The summed E-state index contributed by atoms with van der Waals surface area (Å²) in [7, 11) is 0. The largest absolute Gasteiger partial charge is 0.398 e. The van der Waals surface area contributed by atoms with Gasteiger partial charge >= 0.3 is 0 Å². The minimum absolute atomic E-state index is 0.0993. The lowest BCUT2D eigenvalue weighted by Crippen LogP contribution is -2.26. The number of nitrogen functional groups attached to an aromatic ring is 1. The molecule has 0 radical (unpaired) electrons. The van der Waals surface area contributed by atoms with Crippen molar-refractivity contribution in [2.24, 2.45) is 11.3 Å². The third-order valence-electron chi connectivity index (χ3n) is 3.91. The monoisotopic (exact) mass is 293 g/mol. The molecular weight excluding hydrogens is 274 g/mol. The van der Waals surface area contributed by atoms with Gasteiger partial charge in [-0.1, -0.05) is 39.3 Å². The standard InChI is InChI=1S/C14H20ClN5/c1-9(2)14(3,4)8-20-13(17-18-19-20)10-5-6-11(15)12(16)7-10/h5-7,9H,8,16H2,1-4H3. The van der Waals surface area contributed by atoms with Crippen molar-refractivity contribution in [2.75, 3.05) is 5.73 Å². The molecule has 0 aliphatic rings. The second kappa shape index (κ2) is 5.40. The van der Waals surface area contributed by atoms with E-state index >= 15 is 0 Å². The van der Waals surface area contributed by atoms with Crippen molar-refractivity contribution < 1.29 is 0 Å². The summed E-state index contributed by atoms with van der Waals surface area (Å²) >= 11 is 5.95. The van der Waals surface area contributed by atoms with E-state index in [9.17, 15) is 0 Å². The fourth-order valence-corrected chi connectivity index (χ4v) is 1.89. The average molecular weight is 294 g/mol. The lowest BCUT2D eigenvalue weighted by molar-refractivity contribution is 0.200. The van der Waals surface area contributed by atoms with E-state index < -0.39 is 0 Å². The quantitative estimate of drug-likeness (QED) is 0.879. The normalized spacial score (nSPS) is 12.1. The summed E-state index contributed by atoms with van der Waals surface area (Å²) in [5.41, 5.74) is 7.34. The number of hydrogen-bond donors (Lipinski definition) is 1. The molecule has 0 atom stereocenters. The molecule has 0 fully saturated rings. The van der Waals surface area contributed by atoms with Crippen LogP contribution in [0.2, 0.25) is 5.02 Å². The summed E-state index contributed by atoms with van der Waals surface area (Å²) in [5.74, 6) is 1.23. The van der Waals surface area contributed by atoms with Crippen molar-refractivity contribution in [3.8, 4) is 11.4 Å². The smallest absolute Gasteiger partial charge is 0.182 e. The Bertz CT molecular complexity index is 603. The van der Waals surface area contributed by atoms with Gasteiger partial charge in [-0.15, -0.1) is 5.10 Å². The van der Waals surface area contributed by atoms with E-state index in [0.717, 1.165) is 12.1 Å². The third-order valence-corrected chi connectivity index (χ3v) is 4.25. The highest BCUT2D eigenvalue weighted by Crippen LogP contribution is 2.30. The second-order valence-electron chi connectivity index (χ2n) is 6.04. The molecule has 0 aliphatic heterocycles. The highest BCUT2D eigenvalue weighted by Gasteiger charge is 2.25. The molecule has 5 nitrogen and oxygen atoms in total. The van der Waals surface area contributed by atoms with E-state index in [0.29, 0.717) is 22.5 Å². The van der Waals surface area contributed by atoms with E-state index in [1.54, 1.807) is 12.1 Å². The number of nitrogens with two attached hydrogens (primary N) is 1. The molecule has 1 heterocycles. The molecule has 0 saturated heterocycles. The Hall–Kier alpha value is -1.62. The van der Waals surface area contributed by atoms with Gasteiger partial charge in [0, 0.05) is 5.56 Å². The summed E-state index contributed by atoms with van der Waals surface area (Å²) in [6.07, 6.45) is 0. The van der Waals surface area contributed by atoms with Crippen molar-refractivity contribution in [1.29, 1.82) is 0 Å². The summed E-state index contributed by atoms with van der Waals surface area (Å²) in [6.45, 7) is 9.56. The van der Waals surface area contributed by atoms with Crippen molar-refractivity contribution in [1.82, 2.24) is 20.2 Å². The van der Waals surface area contributed by atoms with Gasteiger partial charge in [0.15, 0.2) is 5.82 Å². The fraction of sp³-hybridized carbons (Fsp3) is 0.500. The molecule has 0 amide bonds. The second-order valence-corrected chi connectivity index (χ2v) is 6.45. The van der Waals surface area contributed by atoms with Crippen LogP contribution in [0, 0.1) is 11.3 Å². The van der Waals surface area contributed by atoms with Crippen molar-refractivity contribution >= 4 is 17.3 Å². The molecule has 108 valence electrons. The van der Waals surface area contributed by atoms with Gasteiger partial charge in [-0.05, 0) is 40.0 Å². The summed E-state index contributed by atoms with van der Waals surface area (Å²) < 4.78 is 1.82. The van der Waals surface area contributed by atoms with Crippen LogP contribution in [0.3, 0.4) is 0 Å². The predicted octanol–water partition coefficient (Wildman–Crippen LogP) is 3.26. The van der Waals surface area contributed by atoms with Gasteiger partial charge < -0.3 is 5.73 Å². The molecule has 0 unspecified atom stereocenters. The van der Waals surface area contributed by atoms with Crippen LogP contribution < -0.4 is 5.73 Å². The van der Waals surface area contributed by atoms with E-state index in [-0.39, 0.29) is 5.41 Å². The van der Waals surface area contributed by atoms with E-state index in [2.05, 4.69) is 43.2 Å². The molecule has 2 aromatic rings. The van der Waals surface area contributed by atoms with E-state index in [1.807, 2.05) is 10.7 Å². The molecule has 1 aromatic carbocycles. The van der Waals surface area contributed by atoms with Crippen molar-refractivity contribution in [3.63, 3.8) is 0 Å². The van der Waals surface area contributed by atoms with E-state index in [4.69, 9.17) is 17.3 Å². The number of benzene rings is 1. The van der Waals surface area contributed by atoms with Crippen molar-refractivity contribution in [2.45, 2.75) is 34.2 Å². The molecule has 20 heavy (non-hydrogen) atoms.